The van der Waals surface area contributed by atoms with Crippen molar-refractivity contribution >= 4 is 34.9 Å². The van der Waals surface area contributed by atoms with E-state index in [1.807, 2.05) is 0 Å². The molecule has 2 saturated heterocycles. The molecule has 37 heavy (non-hydrogen) atoms. The molecule has 5 rings (SSSR count). The Bertz CT molecular complexity index is 1260. The van der Waals surface area contributed by atoms with Crippen LogP contribution in [-0.2, 0) is 10.4 Å². The average Bonchev–Trinajstić information content (AvgIpc) is 3.27. The van der Waals surface area contributed by atoms with Gasteiger partial charge < -0.3 is 9.74 Å². The first kappa shape index (κ1) is 25.9. The highest BCUT2D eigenvalue weighted by atomic mass is 35.5. The summed E-state index contributed by atoms with van der Waals surface area (Å²) in [7, 11) is 0. The highest BCUT2D eigenvalue weighted by molar-refractivity contribution is 6.35. The van der Waals surface area contributed by atoms with Crippen molar-refractivity contribution < 1.29 is 40.4 Å². The van der Waals surface area contributed by atoms with Gasteiger partial charge >= 0.3 is 12.2 Å². The van der Waals surface area contributed by atoms with Crippen LogP contribution in [0.2, 0.25) is 10.0 Å². The molecule has 2 aromatic rings. The molecule has 2 aromatic carbocycles. The van der Waals surface area contributed by atoms with Crippen molar-refractivity contribution in [1.82, 2.24) is 9.80 Å². The van der Waals surface area contributed by atoms with Gasteiger partial charge in [-0.15, -0.1) is 0 Å². The third-order valence-electron chi connectivity index (χ3n) is 6.69. The number of hydrogen-bond acceptors (Lipinski definition) is 3. The molecule has 3 aliphatic heterocycles. The predicted octanol–water partition coefficient (Wildman–Crippen LogP) is 6.48. The molecule has 0 radical (unpaired) electrons. The molecular formula is C23H16Cl2F7N3O2. The Morgan fingerprint density at radius 2 is 1.68 bits per heavy atom. The fraction of sp³-hybridized carbons (Fsp3) is 0.391. The number of carbonyl (C=O) groups is 1. The SMILES string of the molecule is O=C(N1CC(F)(F)C1)N1CC(c2ccc(C3=NOC(c4cc(Cl)c(F)c(Cl)c4)(C(F)(F)F)C3)cc2)C1F. The van der Waals surface area contributed by atoms with E-state index in [0.717, 1.165) is 21.9 Å². The van der Waals surface area contributed by atoms with Gasteiger partial charge in [-0.1, -0.05) is 52.6 Å². The van der Waals surface area contributed by atoms with Gasteiger partial charge in [0, 0.05) is 18.5 Å². The van der Waals surface area contributed by atoms with Crippen molar-refractivity contribution in [1.29, 1.82) is 0 Å². The Hall–Kier alpha value is -2.73. The molecule has 0 bridgehead atoms. The van der Waals surface area contributed by atoms with Crippen molar-refractivity contribution in [2.45, 2.75) is 36.3 Å². The molecular weight excluding hydrogens is 554 g/mol. The molecule has 0 aromatic heterocycles. The van der Waals surface area contributed by atoms with Crippen molar-refractivity contribution in [2.75, 3.05) is 19.6 Å². The summed E-state index contributed by atoms with van der Waals surface area (Å²) in [4.78, 5) is 18.7. The second kappa shape index (κ2) is 8.65. The summed E-state index contributed by atoms with van der Waals surface area (Å²) >= 11 is 11.4. The third-order valence-corrected chi connectivity index (χ3v) is 7.24. The Kier molecular flexibility index (Phi) is 6.06. The number of urea groups is 1. The van der Waals surface area contributed by atoms with E-state index in [9.17, 15) is 35.5 Å². The van der Waals surface area contributed by atoms with E-state index in [4.69, 9.17) is 28.0 Å². The molecule has 2 amide bonds. The van der Waals surface area contributed by atoms with Crippen LogP contribution < -0.4 is 0 Å². The monoisotopic (exact) mass is 569 g/mol. The number of nitrogens with zero attached hydrogens (tertiary/aromatic N) is 3. The molecule has 2 fully saturated rings. The Morgan fingerprint density at radius 3 is 2.19 bits per heavy atom. The van der Waals surface area contributed by atoms with Crippen LogP contribution in [0.25, 0.3) is 0 Å². The van der Waals surface area contributed by atoms with E-state index in [1.54, 1.807) is 0 Å². The maximum Gasteiger partial charge on any atom is 0.435 e. The van der Waals surface area contributed by atoms with E-state index in [1.165, 1.54) is 24.3 Å². The fourth-order valence-electron chi connectivity index (χ4n) is 4.53. The van der Waals surface area contributed by atoms with E-state index in [0.29, 0.717) is 5.56 Å². The summed E-state index contributed by atoms with van der Waals surface area (Å²) in [5, 5.41) is 2.40. The molecule has 3 heterocycles. The van der Waals surface area contributed by atoms with Crippen LogP contribution in [-0.4, -0.2) is 59.6 Å². The van der Waals surface area contributed by atoms with Crippen LogP contribution in [0.3, 0.4) is 0 Å². The zero-order valence-corrected chi connectivity index (χ0v) is 20.0. The van der Waals surface area contributed by atoms with E-state index in [-0.39, 0.29) is 17.8 Å². The minimum Gasteiger partial charge on any atom is -0.374 e. The van der Waals surface area contributed by atoms with Crippen LogP contribution in [0.1, 0.15) is 29.0 Å². The molecule has 0 saturated carbocycles. The summed E-state index contributed by atoms with van der Waals surface area (Å²) in [5.41, 5.74) is -2.81. The summed E-state index contributed by atoms with van der Waals surface area (Å²) in [6.07, 6.45) is -7.45. The lowest BCUT2D eigenvalue weighted by atomic mass is 9.85. The summed E-state index contributed by atoms with van der Waals surface area (Å²) in [5.74, 6) is -4.75. The molecule has 0 N–H and O–H groups in total. The maximum absolute atomic E-state index is 14.7. The van der Waals surface area contributed by atoms with Gasteiger partial charge in [0.25, 0.3) is 11.5 Å². The fourth-order valence-corrected chi connectivity index (χ4v) is 5.01. The van der Waals surface area contributed by atoms with Crippen LogP contribution in [0.5, 0.6) is 0 Å². The second-order valence-corrected chi connectivity index (χ2v) is 9.95. The normalized spacial score (nSPS) is 26.8. The van der Waals surface area contributed by atoms with Gasteiger partial charge in [0.15, 0.2) is 12.1 Å². The van der Waals surface area contributed by atoms with Crippen LogP contribution in [0.15, 0.2) is 41.6 Å². The van der Waals surface area contributed by atoms with Gasteiger partial charge in [0.2, 0.25) is 0 Å². The van der Waals surface area contributed by atoms with E-state index >= 15 is 0 Å². The summed E-state index contributed by atoms with van der Waals surface area (Å²) in [6.45, 7) is -1.54. The first-order chi connectivity index (χ1) is 17.2. The Morgan fingerprint density at radius 1 is 1.08 bits per heavy atom. The van der Waals surface area contributed by atoms with Gasteiger partial charge in [-0.25, -0.2) is 22.4 Å². The van der Waals surface area contributed by atoms with Crippen molar-refractivity contribution in [3.8, 4) is 0 Å². The number of rotatable bonds is 3. The molecule has 0 aliphatic carbocycles. The molecule has 3 atom stereocenters. The van der Waals surface area contributed by atoms with Gasteiger partial charge in [-0.3, -0.25) is 4.90 Å². The zero-order chi connectivity index (χ0) is 26.9. The molecule has 0 spiro atoms. The van der Waals surface area contributed by atoms with Crippen molar-refractivity contribution in [3.63, 3.8) is 0 Å². The van der Waals surface area contributed by atoms with E-state index < -0.39 is 76.9 Å². The lowest BCUT2D eigenvalue weighted by molar-refractivity contribution is -0.275. The number of benzene rings is 2. The van der Waals surface area contributed by atoms with Crippen molar-refractivity contribution in [2.24, 2.45) is 5.16 Å². The highest BCUT2D eigenvalue weighted by Gasteiger charge is 2.62. The van der Waals surface area contributed by atoms with Crippen LogP contribution in [0, 0.1) is 5.82 Å². The van der Waals surface area contributed by atoms with Gasteiger partial charge in [0.1, 0.15) is 0 Å². The van der Waals surface area contributed by atoms with Crippen molar-refractivity contribution in [3.05, 3.63) is 69.0 Å². The summed E-state index contributed by atoms with van der Waals surface area (Å²) in [6, 6.07) is 6.58. The first-order valence-electron chi connectivity index (χ1n) is 10.9. The zero-order valence-electron chi connectivity index (χ0n) is 18.5. The van der Waals surface area contributed by atoms with Crippen LogP contribution in [0.4, 0.5) is 35.5 Å². The average molecular weight is 570 g/mol. The molecule has 14 heteroatoms. The van der Waals surface area contributed by atoms with Gasteiger partial charge in [-0.05, 0) is 23.3 Å². The first-order valence-corrected chi connectivity index (χ1v) is 11.6. The Balaban J connectivity index is 1.30. The summed E-state index contributed by atoms with van der Waals surface area (Å²) < 4.78 is 96.9. The van der Waals surface area contributed by atoms with Gasteiger partial charge in [-0.2, -0.15) is 13.2 Å². The number of hydrogen-bond donors (Lipinski definition) is 0. The number of oxime groups is 1. The standard InChI is InChI=1S/C23H16Cl2F7N3O2/c24-15-5-13(6-16(25)18(15)26)22(23(30,31)32)7-17(33-37-22)12-3-1-11(2-4-12)14-8-35(19(14)27)20(36)34-9-21(28,29)10-34/h1-6,14,19H,7-10H2. The maximum atomic E-state index is 14.7. The van der Waals surface area contributed by atoms with E-state index in [2.05, 4.69) is 5.16 Å². The molecule has 198 valence electrons. The number of alkyl halides is 6. The molecule has 5 nitrogen and oxygen atoms in total. The number of likely N-dealkylation sites (tertiary alicyclic amines) is 2. The highest BCUT2D eigenvalue weighted by Crippen LogP contribution is 2.50. The molecule has 3 aliphatic rings. The quantitative estimate of drug-likeness (QED) is 0.241. The minimum absolute atomic E-state index is 0.0330. The minimum atomic E-state index is -4.97. The number of amides is 2. The topological polar surface area (TPSA) is 45.1 Å². The third kappa shape index (κ3) is 4.27. The van der Waals surface area contributed by atoms with Crippen LogP contribution >= 0.6 is 23.2 Å². The van der Waals surface area contributed by atoms with Gasteiger partial charge in [0.05, 0.1) is 34.8 Å². The predicted molar refractivity (Wildman–Crippen MR) is 119 cm³/mol. The number of halogens is 9. The molecule has 3 unspecified atom stereocenters. The number of carbonyl (C=O) groups excluding carboxylic acids is 1. The largest absolute Gasteiger partial charge is 0.435 e. The lowest BCUT2D eigenvalue weighted by Crippen LogP contribution is -2.66. The lowest BCUT2D eigenvalue weighted by Gasteiger charge is -2.48. The smallest absolute Gasteiger partial charge is 0.374 e. The second-order valence-electron chi connectivity index (χ2n) is 9.13. The Labute approximate surface area is 215 Å².